The molecule has 90 valence electrons. The van der Waals surface area contributed by atoms with Gasteiger partial charge in [0.05, 0.1) is 11.3 Å². The van der Waals surface area contributed by atoms with E-state index in [2.05, 4.69) is 0 Å². The van der Waals surface area contributed by atoms with Gasteiger partial charge in [0.25, 0.3) is 0 Å². The van der Waals surface area contributed by atoms with Gasteiger partial charge in [-0.2, -0.15) is 13.2 Å². The van der Waals surface area contributed by atoms with Gasteiger partial charge in [-0.05, 0) is 18.2 Å². The minimum Gasteiger partial charge on any atom is -0.371 e. The summed E-state index contributed by atoms with van der Waals surface area (Å²) in [5, 5.41) is 0. The fourth-order valence-electron chi connectivity index (χ4n) is 1.24. The van der Waals surface area contributed by atoms with Gasteiger partial charge >= 0.3 is 6.18 Å². The van der Waals surface area contributed by atoms with E-state index in [-0.39, 0.29) is 11.6 Å². The molecule has 6 heteroatoms. The number of rotatable bonds is 3. The maximum Gasteiger partial charge on any atom is 0.416 e. The maximum atomic E-state index is 13.4. The van der Waals surface area contributed by atoms with Gasteiger partial charge in [-0.25, -0.2) is 4.39 Å². The number of benzene rings is 1. The number of nitrogens with zero attached hydrogens (tertiary/aromatic N) is 1. The Morgan fingerprint density at radius 3 is 2.38 bits per heavy atom. The monoisotopic (exact) mass is 255 g/mol. The second-order valence-corrected chi connectivity index (χ2v) is 3.65. The van der Waals surface area contributed by atoms with Crippen molar-refractivity contribution in [2.45, 2.75) is 6.18 Å². The second-order valence-electron chi connectivity index (χ2n) is 3.27. The number of hydrogen-bond acceptors (Lipinski definition) is 1. The lowest BCUT2D eigenvalue weighted by molar-refractivity contribution is -0.137. The first kappa shape index (κ1) is 13.1. The predicted molar refractivity (Wildman–Crippen MR) is 55.4 cm³/mol. The van der Waals surface area contributed by atoms with Crippen molar-refractivity contribution in [3.63, 3.8) is 0 Å². The number of hydrogen-bond donors (Lipinski definition) is 0. The van der Waals surface area contributed by atoms with Gasteiger partial charge in [0.2, 0.25) is 0 Å². The molecule has 0 aromatic heterocycles. The van der Waals surface area contributed by atoms with E-state index in [0.29, 0.717) is 12.6 Å². The van der Waals surface area contributed by atoms with E-state index >= 15 is 0 Å². The molecule has 1 aromatic carbocycles. The van der Waals surface area contributed by atoms with Crippen LogP contribution in [0.1, 0.15) is 5.56 Å². The fraction of sp³-hybridized carbons (Fsp3) is 0.400. The van der Waals surface area contributed by atoms with Gasteiger partial charge in [0.15, 0.2) is 0 Å². The number of alkyl halides is 4. The molecule has 0 spiro atoms. The molecule has 0 fully saturated rings. The number of halogens is 5. The molecule has 0 radical (unpaired) electrons. The summed E-state index contributed by atoms with van der Waals surface area (Å²) in [6.07, 6.45) is -4.52. The smallest absolute Gasteiger partial charge is 0.371 e. The average molecular weight is 256 g/mol. The van der Waals surface area contributed by atoms with Crippen molar-refractivity contribution >= 4 is 17.3 Å². The van der Waals surface area contributed by atoms with Crippen LogP contribution < -0.4 is 4.90 Å². The van der Waals surface area contributed by atoms with Crippen molar-refractivity contribution in [1.29, 1.82) is 0 Å². The Morgan fingerprint density at radius 1 is 1.31 bits per heavy atom. The van der Waals surface area contributed by atoms with E-state index in [1.807, 2.05) is 0 Å². The standard InChI is InChI=1S/C10H10ClF4N/c1-16(5-4-11)9-3-2-7(6-8(9)12)10(13,14)15/h2-3,6H,4-5H2,1H3. The molecule has 0 N–H and O–H groups in total. The lowest BCUT2D eigenvalue weighted by Crippen LogP contribution is -2.21. The lowest BCUT2D eigenvalue weighted by atomic mass is 10.2. The Bertz CT molecular complexity index is 364. The van der Waals surface area contributed by atoms with Crippen LogP contribution in [-0.2, 0) is 6.18 Å². The Hall–Kier alpha value is -0.970. The third-order valence-corrected chi connectivity index (χ3v) is 2.28. The zero-order valence-electron chi connectivity index (χ0n) is 8.48. The van der Waals surface area contributed by atoms with E-state index < -0.39 is 17.6 Å². The summed E-state index contributed by atoms with van der Waals surface area (Å²) < 4.78 is 50.1. The van der Waals surface area contributed by atoms with Crippen molar-refractivity contribution in [2.24, 2.45) is 0 Å². The largest absolute Gasteiger partial charge is 0.416 e. The van der Waals surface area contributed by atoms with Crippen LogP contribution >= 0.6 is 11.6 Å². The van der Waals surface area contributed by atoms with E-state index in [1.165, 1.54) is 4.90 Å². The van der Waals surface area contributed by atoms with Gasteiger partial charge in [0.1, 0.15) is 5.82 Å². The molecule has 1 rings (SSSR count). The van der Waals surface area contributed by atoms with Crippen molar-refractivity contribution < 1.29 is 17.6 Å². The Labute approximate surface area is 95.6 Å². The van der Waals surface area contributed by atoms with Crippen LogP contribution in [0.5, 0.6) is 0 Å². The summed E-state index contributed by atoms with van der Waals surface area (Å²) in [7, 11) is 1.56. The Morgan fingerprint density at radius 2 is 1.94 bits per heavy atom. The van der Waals surface area contributed by atoms with Gasteiger partial charge in [-0.15, -0.1) is 11.6 Å². The maximum absolute atomic E-state index is 13.4. The minimum atomic E-state index is -4.52. The molecule has 1 aromatic rings. The molecule has 16 heavy (non-hydrogen) atoms. The Kier molecular flexibility index (Phi) is 4.02. The quantitative estimate of drug-likeness (QED) is 0.590. The summed E-state index contributed by atoms with van der Waals surface area (Å²) in [6.45, 7) is 0.365. The second kappa shape index (κ2) is 4.91. The molecule has 1 nitrogen and oxygen atoms in total. The summed E-state index contributed by atoms with van der Waals surface area (Å²) in [5.74, 6) is -0.626. The van der Waals surface area contributed by atoms with Crippen LogP contribution in [0.25, 0.3) is 0 Å². The molecule has 0 aliphatic rings. The molecule has 0 bridgehead atoms. The summed E-state index contributed by atoms with van der Waals surface area (Å²) in [6, 6.07) is 2.44. The first-order valence-corrected chi connectivity index (χ1v) is 5.03. The first-order chi connectivity index (χ1) is 7.36. The van der Waals surface area contributed by atoms with Gasteiger partial charge < -0.3 is 4.90 Å². The van der Waals surface area contributed by atoms with Crippen molar-refractivity contribution in [3.05, 3.63) is 29.6 Å². The van der Waals surface area contributed by atoms with E-state index in [9.17, 15) is 17.6 Å². The van der Waals surface area contributed by atoms with Crippen molar-refractivity contribution in [2.75, 3.05) is 24.4 Å². The normalized spacial score (nSPS) is 11.6. The molecule has 0 saturated carbocycles. The molecular weight excluding hydrogens is 246 g/mol. The highest BCUT2D eigenvalue weighted by Crippen LogP contribution is 2.31. The molecular formula is C10H10ClF4N. The predicted octanol–water partition coefficient (Wildman–Crippen LogP) is 3.52. The zero-order valence-corrected chi connectivity index (χ0v) is 9.24. The van der Waals surface area contributed by atoms with Crippen molar-refractivity contribution in [1.82, 2.24) is 0 Å². The van der Waals surface area contributed by atoms with Crippen LogP contribution in [0.15, 0.2) is 18.2 Å². The highest BCUT2D eigenvalue weighted by molar-refractivity contribution is 6.18. The van der Waals surface area contributed by atoms with Crippen LogP contribution in [0.4, 0.5) is 23.2 Å². The highest BCUT2D eigenvalue weighted by Gasteiger charge is 2.31. The molecule has 0 amide bonds. The zero-order chi connectivity index (χ0) is 12.3. The van der Waals surface area contributed by atoms with Gasteiger partial charge in [0, 0.05) is 19.5 Å². The van der Waals surface area contributed by atoms with E-state index in [4.69, 9.17) is 11.6 Å². The first-order valence-electron chi connectivity index (χ1n) is 4.50. The van der Waals surface area contributed by atoms with Crippen molar-refractivity contribution in [3.8, 4) is 0 Å². The molecule has 0 aliphatic heterocycles. The minimum absolute atomic E-state index is 0.105. The third-order valence-electron chi connectivity index (χ3n) is 2.11. The van der Waals surface area contributed by atoms with Gasteiger partial charge in [-0.1, -0.05) is 0 Å². The fourth-order valence-corrected chi connectivity index (χ4v) is 1.49. The summed E-state index contributed by atoms with van der Waals surface area (Å²) >= 11 is 5.46. The summed E-state index contributed by atoms with van der Waals surface area (Å²) in [5.41, 5.74) is -0.887. The van der Waals surface area contributed by atoms with Crippen LogP contribution in [0.3, 0.4) is 0 Å². The van der Waals surface area contributed by atoms with E-state index in [1.54, 1.807) is 7.05 Å². The number of anilines is 1. The SMILES string of the molecule is CN(CCCl)c1ccc(C(F)(F)F)cc1F. The Balaban J connectivity index is 3.00. The van der Waals surface area contributed by atoms with Crippen LogP contribution in [-0.4, -0.2) is 19.5 Å². The van der Waals surface area contributed by atoms with Gasteiger partial charge in [-0.3, -0.25) is 0 Å². The topological polar surface area (TPSA) is 3.24 Å². The molecule has 0 saturated heterocycles. The molecule has 0 unspecified atom stereocenters. The average Bonchev–Trinajstić information content (AvgIpc) is 2.16. The van der Waals surface area contributed by atoms with E-state index in [0.717, 1.165) is 12.1 Å². The van der Waals surface area contributed by atoms with Crippen LogP contribution in [0, 0.1) is 5.82 Å². The highest BCUT2D eigenvalue weighted by atomic mass is 35.5. The molecule has 0 heterocycles. The molecule has 0 aliphatic carbocycles. The summed E-state index contributed by atoms with van der Waals surface area (Å²) in [4.78, 5) is 1.46. The lowest BCUT2D eigenvalue weighted by Gasteiger charge is -2.19. The third kappa shape index (κ3) is 3.01. The molecule has 0 atom stereocenters. The van der Waals surface area contributed by atoms with Crippen LogP contribution in [0.2, 0.25) is 0 Å².